The van der Waals surface area contributed by atoms with Gasteiger partial charge >= 0.3 is 5.97 Å². The van der Waals surface area contributed by atoms with Crippen molar-refractivity contribution < 1.29 is 9.90 Å². The Hall–Kier alpha value is -0.610. The molecule has 0 radical (unpaired) electrons. The van der Waals surface area contributed by atoms with E-state index in [0.29, 0.717) is 12.5 Å². The minimum Gasteiger partial charge on any atom is -0.480 e. The van der Waals surface area contributed by atoms with Crippen molar-refractivity contribution in [1.29, 1.82) is 0 Å². The van der Waals surface area contributed by atoms with Gasteiger partial charge in [-0.1, -0.05) is 19.8 Å². The summed E-state index contributed by atoms with van der Waals surface area (Å²) in [7, 11) is 3.90. The number of carboxylic acid groups (broad SMARTS) is 1. The Morgan fingerprint density at radius 2 is 2.16 bits per heavy atom. The molecule has 0 aromatic rings. The van der Waals surface area contributed by atoms with Crippen LogP contribution in [0.4, 0.5) is 0 Å². The number of carboxylic acids is 1. The molecule has 2 N–H and O–H groups in total. The van der Waals surface area contributed by atoms with Gasteiger partial charge in [0.25, 0.3) is 0 Å². The fraction of sp³-hybridized carbons (Fsp3) is 0.933. The zero-order valence-corrected chi connectivity index (χ0v) is 12.9. The fourth-order valence-electron chi connectivity index (χ4n) is 3.01. The summed E-state index contributed by atoms with van der Waals surface area (Å²) < 4.78 is 0. The molecule has 3 atom stereocenters. The zero-order chi connectivity index (χ0) is 14.5. The highest BCUT2D eigenvalue weighted by Gasteiger charge is 2.30. The molecule has 1 aliphatic carbocycles. The van der Waals surface area contributed by atoms with E-state index >= 15 is 0 Å². The topological polar surface area (TPSA) is 52.6 Å². The van der Waals surface area contributed by atoms with Crippen molar-refractivity contribution in [3.8, 4) is 0 Å². The molecule has 0 amide bonds. The van der Waals surface area contributed by atoms with Gasteiger partial charge in [-0.05, 0) is 59.2 Å². The van der Waals surface area contributed by atoms with E-state index in [1.54, 1.807) is 14.0 Å². The van der Waals surface area contributed by atoms with Crippen LogP contribution in [0.25, 0.3) is 0 Å². The molecule has 4 nitrogen and oxygen atoms in total. The van der Waals surface area contributed by atoms with Gasteiger partial charge in [-0.25, -0.2) is 0 Å². The Balaban J connectivity index is 2.33. The van der Waals surface area contributed by atoms with E-state index in [0.717, 1.165) is 18.9 Å². The molecule has 4 heteroatoms. The SMILES string of the molecule is CNC(C)(CCCN(C)C1CCCC(C)C1)C(=O)O. The lowest BCUT2D eigenvalue weighted by Gasteiger charge is -2.34. The molecule has 0 saturated heterocycles. The predicted molar refractivity (Wildman–Crippen MR) is 78.4 cm³/mol. The monoisotopic (exact) mass is 270 g/mol. The van der Waals surface area contributed by atoms with Gasteiger partial charge in [0, 0.05) is 6.04 Å². The van der Waals surface area contributed by atoms with Gasteiger partial charge in [0.1, 0.15) is 5.54 Å². The van der Waals surface area contributed by atoms with Crippen LogP contribution in [-0.4, -0.2) is 48.2 Å². The third-order valence-electron chi connectivity index (χ3n) is 4.74. The van der Waals surface area contributed by atoms with Crippen molar-refractivity contribution in [1.82, 2.24) is 10.2 Å². The van der Waals surface area contributed by atoms with Crippen molar-refractivity contribution in [3.63, 3.8) is 0 Å². The van der Waals surface area contributed by atoms with Crippen molar-refractivity contribution in [2.45, 2.75) is 64.0 Å². The highest BCUT2D eigenvalue weighted by molar-refractivity contribution is 5.78. The Kier molecular flexibility index (Phi) is 6.27. The average molecular weight is 270 g/mol. The van der Waals surface area contributed by atoms with Crippen LogP contribution < -0.4 is 5.32 Å². The second-order valence-corrected chi connectivity index (χ2v) is 6.40. The molecule has 0 aromatic heterocycles. The van der Waals surface area contributed by atoms with E-state index in [1.165, 1.54) is 25.7 Å². The molecule has 0 heterocycles. The fourth-order valence-corrected chi connectivity index (χ4v) is 3.01. The second-order valence-electron chi connectivity index (χ2n) is 6.40. The molecular weight excluding hydrogens is 240 g/mol. The molecule has 1 rings (SSSR count). The summed E-state index contributed by atoms with van der Waals surface area (Å²) in [5.74, 6) is 0.0757. The van der Waals surface area contributed by atoms with E-state index in [-0.39, 0.29) is 0 Å². The van der Waals surface area contributed by atoms with Crippen LogP contribution >= 0.6 is 0 Å². The third-order valence-corrected chi connectivity index (χ3v) is 4.74. The summed E-state index contributed by atoms with van der Waals surface area (Å²) in [5.41, 5.74) is -0.791. The van der Waals surface area contributed by atoms with Gasteiger partial charge in [-0.2, -0.15) is 0 Å². The number of hydrogen-bond acceptors (Lipinski definition) is 3. The highest BCUT2D eigenvalue weighted by atomic mass is 16.4. The number of aliphatic carboxylic acids is 1. The quantitative estimate of drug-likeness (QED) is 0.745. The summed E-state index contributed by atoms with van der Waals surface area (Å²) in [4.78, 5) is 13.6. The lowest BCUT2D eigenvalue weighted by molar-refractivity contribution is -0.144. The molecule has 3 unspecified atom stereocenters. The largest absolute Gasteiger partial charge is 0.480 e. The highest BCUT2D eigenvalue weighted by Crippen LogP contribution is 2.27. The van der Waals surface area contributed by atoms with Gasteiger partial charge in [-0.15, -0.1) is 0 Å². The Morgan fingerprint density at radius 3 is 2.68 bits per heavy atom. The number of likely N-dealkylation sites (N-methyl/N-ethyl adjacent to an activating group) is 1. The summed E-state index contributed by atoms with van der Waals surface area (Å²) in [6.45, 7) is 5.09. The average Bonchev–Trinajstić information content (AvgIpc) is 2.38. The van der Waals surface area contributed by atoms with E-state index in [9.17, 15) is 9.90 Å². The smallest absolute Gasteiger partial charge is 0.323 e. The first-order valence-electron chi connectivity index (χ1n) is 7.51. The van der Waals surface area contributed by atoms with Crippen LogP contribution in [0.2, 0.25) is 0 Å². The number of rotatable bonds is 7. The molecule has 0 spiro atoms. The number of nitrogens with one attached hydrogen (secondary N) is 1. The predicted octanol–water partition coefficient (Wildman–Crippen LogP) is 2.34. The van der Waals surface area contributed by atoms with E-state index in [1.807, 2.05) is 0 Å². The Bertz CT molecular complexity index is 296. The van der Waals surface area contributed by atoms with Gasteiger partial charge in [0.15, 0.2) is 0 Å². The minimum atomic E-state index is -0.791. The molecule has 1 fully saturated rings. The zero-order valence-electron chi connectivity index (χ0n) is 12.9. The Morgan fingerprint density at radius 1 is 1.47 bits per heavy atom. The molecule has 0 aliphatic heterocycles. The van der Waals surface area contributed by atoms with E-state index < -0.39 is 11.5 Å². The van der Waals surface area contributed by atoms with E-state index in [2.05, 4.69) is 24.2 Å². The van der Waals surface area contributed by atoms with Gasteiger partial charge in [0.2, 0.25) is 0 Å². The summed E-state index contributed by atoms with van der Waals surface area (Å²) in [6, 6.07) is 0.689. The maximum atomic E-state index is 11.2. The molecule has 112 valence electrons. The second kappa shape index (κ2) is 7.25. The van der Waals surface area contributed by atoms with E-state index in [4.69, 9.17) is 0 Å². The molecule has 0 aromatic carbocycles. The first-order chi connectivity index (χ1) is 8.89. The van der Waals surface area contributed by atoms with Crippen LogP contribution in [0.15, 0.2) is 0 Å². The molecule has 19 heavy (non-hydrogen) atoms. The number of nitrogens with zero attached hydrogens (tertiary/aromatic N) is 1. The lowest BCUT2D eigenvalue weighted by Crippen LogP contribution is -2.48. The summed E-state index contributed by atoms with van der Waals surface area (Å²) >= 11 is 0. The first kappa shape index (κ1) is 16.4. The molecule has 1 aliphatic rings. The van der Waals surface area contributed by atoms with Gasteiger partial charge in [0.05, 0.1) is 0 Å². The van der Waals surface area contributed by atoms with Crippen LogP contribution in [0.5, 0.6) is 0 Å². The van der Waals surface area contributed by atoms with Crippen LogP contribution in [0.3, 0.4) is 0 Å². The normalized spacial score (nSPS) is 27.2. The standard InChI is InChI=1S/C15H30N2O2/c1-12-7-5-8-13(11-12)17(4)10-6-9-15(2,16-3)14(18)19/h12-13,16H,5-11H2,1-4H3,(H,18,19). The van der Waals surface area contributed by atoms with Gasteiger partial charge in [-0.3, -0.25) is 4.79 Å². The maximum absolute atomic E-state index is 11.2. The minimum absolute atomic E-state index is 0.672. The van der Waals surface area contributed by atoms with Crippen LogP contribution in [-0.2, 0) is 4.79 Å². The number of hydrogen-bond donors (Lipinski definition) is 2. The molecular formula is C15H30N2O2. The van der Waals surface area contributed by atoms with Crippen LogP contribution in [0.1, 0.15) is 52.4 Å². The first-order valence-corrected chi connectivity index (χ1v) is 7.51. The van der Waals surface area contributed by atoms with Crippen molar-refractivity contribution >= 4 is 5.97 Å². The summed E-state index contributed by atoms with van der Waals surface area (Å²) in [5, 5.41) is 12.1. The summed E-state index contributed by atoms with van der Waals surface area (Å²) in [6.07, 6.45) is 6.87. The Labute approximate surface area is 117 Å². The molecule has 1 saturated carbocycles. The van der Waals surface area contributed by atoms with Crippen molar-refractivity contribution in [3.05, 3.63) is 0 Å². The van der Waals surface area contributed by atoms with Crippen molar-refractivity contribution in [2.75, 3.05) is 20.6 Å². The number of carbonyl (C=O) groups is 1. The van der Waals surface area contributed by atoms with Gasteiger partial charge < -0.3 is 15.3 Å². The molecule has 0 bridgehead atoms. The maximum Gasteiger partial charge on any atom is 0.323 e. The lowest BCUT2D eigenvalue weighted by atomic mass is 9.86. The van der Waals surface area contributed by atoms with Crippen LogP contribution in [0, 0.1) is 5.92 Å². The van der Waals surface area contributed by atoms with Crippen molar-refractivity contribution in [2.24, 2.45) is 5.92 Å². The third kappa shape index (κ3) is 4.77.